The number of nitrogens with zero attached hydrogens (tertiary/aromatic N) is 1. The normalized spacial score (nSPS) is 19.2. The number of piperidine rings is 1. The second-order valence-corrected chi connectivity index (χ2v) is 9.08. The lowest BCUT2D eigenvalue weighted by molar-refractivity contribution is -0.122. The molecule has 1 atom stereocenters. The van der Waals surface area contributed by atoms with Crippen molar-refractivity contribution in [2.24, 2.45) is 0 Å². The van der Waals surface area contributed by atoms with Crippen molar-refractivity contribution in [3.8, 4) is 5.75 Å². The molecule has 2 aromatic rings. The third-order valence-electron chi connectivity index (χ3n) is 6.22. The summed E-state index contributed by atoms with van der Waals surface area (Å²) in [6.45, 7) is 4.99. The molecule has 4 rings (SSSR count). The Labute approximate surface area is 188 Å². The quantitative estimate of drug-likeness (QED) is 0.727. The molecule has 0 unspecified atom stereocenters. The van der Waals surface area contributed by atoms with Gasteiger partial charge in [0.15, 0.2) is 0 Å². The molecule has 3 amide bonds. The number of para-hydroxylation sites is 1. The number of fused-ring (bicyclic) bond motifs is 1. The zero-order valence-electron chi connectivity index (χ0n) is 18.6. The maximum absolute atomic E-state index is 13.4. The van der Waals surface area contributed by atoms with Gasteiger partial charge in [0.1, 0.15) is 17.2 Å². The fourth-order valence-electron chi connectivity index (χ4n) is 4.72. The molecular weight excluding hydrogens is 409 g/mol. The number of anilines is 1. The van der Waals surface area contributed by atoms with Gasteiger partial charge in [-0.2, -0.15) is 0 Å². The van der Waals surface area contributed by atoms with Gasteiger partial charge in [0.2, 0.25) is 5.91 Å². The lowest BCUT2D eigenvalue weighted by Crippen LogP contribution is -2.52. The number of hydrogen-bond donors (Lipinski definition) is 2. The number of rotatable bonds is 4. The van der Waals surface area contributed by atoms with Gasteiger partial charge in [-0.1, -0.05) is 24.3 Å². The molecule has 0 aromatic heterocycles. The van der Waals surface area contributed by atoms with Gasteiger partial charge in [0.25, 0.3) is 0 Å². The number of likely N-dealkylation sites (tertiary alicyclic amines) is 1. The van der Waals surface area contributed by atoms with E-state index in [4.69, 9.17) is 4.74 Å². The van der Waals surface area contributed by atoms with Crippen LogP contribution in [0.4, 0.5) is 14.9 Å². The summed E-state index contributed by atoms with van der Waals surface area (Å²) in [5.41, 5.74) is 1.12. The predicted octanol–water partition coefficient (Wildman–Crippen LogP) is 4.67. The summed E-state index contributed by atoms with van der Waals surface area (Å²) in [6.07, 6.45) is 2.53. The van der Waals surface area contributed by atoms with E-state index in [1.54, 1.807) is 17.0 Å². The maximum Gasteiger partial charge on any atom is 0.321 e. The number of urea groups is 1. The van der Waals surface area contributed by atoms with Crippen LogP contribution >= 0.6 is 0 Å². The van der Waals surface area contributed by atoms with E-state index in [2.05, 4.69) is 10.6 Å². The van der Waals surface area contributed by atoms with E-state index in [-0.39, 0.29) is 29.7 Å². The van der Waals surface area contributed by atoms with E-state index >= 15 is 0 Å². The van der Waals surface area contributed by atoms with Gasteiger partial charge in [-0.25, -0.2) is 9.18 Å². The van der Waals surface area contributed by atoms with Crippen LogP contribution in [0.25, 0.3) is 0 Å². The number of carbonyl (C=O) groups is 2. The third kappa shape index (κ3) is 5.03. The van der Waals surface area contributed by atoms with Crippen molar-refractivity contribution in [3.05, 3.63) is 59.9 Å². The first-order valence-corrected chi connectivity index (χ1v) is 11.2. The average Bonchev–Trinajstić information content (AvgIpc) is 2.73. The largest absolute Gasteiger partial charge is 0.487 e. The summed E-state index contributed by atoms with van der Waals surface area (Å²) in [7, 11) is 0. The Hall–Kier alpha value is -3.09. The molecule has 1 fully saturated rings. The SMILES string of the molecule is CC(C)NC(=O)C[C@@H]1CC2(CCN(C(=O)Nc3cccc(F)c3)CC2)Oc2ccccc21. The highest BCUT2D eigenvalue weighted by Crippen LogP contribution is 2.46. The molecule has 2 aliphatic rings. The van der Waals surface area contributed by atoms with Crippen molar-refractivity contribution in [1.82, 2.24) is 10.2 Å². The van der Waals surface area contributed by atoms with Crippen molar-refractivity contribution < 1.29 is 18.7 Å². The van der Waals surface area contributed by atoms with Crippen LogP contribution in [0.5, 0.6) is 5.75 Å². The minimum Gasteiger partial charge on any atom is -0.487 e. The maximum atomic E-state index is 13.4. The first-order chi connectivity index (χ1) is 15.3. The highest BCUT2D eigenvalue weighted by molar-refractivity contribution is 5.89. The van der Waals surface area contributed by atoms with Crippen LogP contribution in [-0.4, -0.2) is 41.6 Å². The van der Waals surface area contributed by atoms with E-state index in [0.717, 1.165) is 17.7 Å². The number of hydrogen-bond acceptors (Lipinski definition) is 3. The lowest BCUT2D eigenvalue weighted by atomic mass is 9.76. The van der Waals surface area contributed by atoms with Gasteiger partial charge >= 0.3 is 6.03 Å². The Kier molecular flexibility index (Phi) is 6.35. The Bertz CT molecular complexity index is 986. The molecule has 1 spiro atoms. The molecule has 2 aromatic carbocycles. The number of benzene rings is 2. The number of halogens is 1. The molecule has 170 valence electrons. The molecule has 0 aliphatic carbocycles. The second kappa shape index (κ2) is 9.18. The molecule has 0 radical (unpaired) electrons. The van der Waals surface area contributed by atoms with Crippen LogP contribution in [0.2, 0.25) is 0 Å². The molecule has 6 nitrogen and oxygen atoms in total. The summed E-state index contributed by atoms with van der Waals surface area (Å²) in [6, 6.07) is 13.7. The van der Waals surface area contributed by atoms with Crippen LogP contribution in [0.1, 0.15) is 51.0 Å². The number of ether oxygens (including phenoxy) is 1. The Balaban J connectivity index is 1.43. The minimum atomic E-state index is -0.396. The van der Waals surface area contributed by atoms with Crippen LogP contribution < -0.4 is 15.4 Å². The summed E-state index contributed by atoms with van der Waals surface area (Å²) in [5.74, 6) is 0.566. The second-order valence-electron chi connectivity index (χ2n) is 9.08. The van der Waals surface area contributed by atoms with Gasteiger partial charge in [0.05, 0.1) is 0 Å². The van der Waals surface area contributed by atoms with Crippen LogP contribution in [0.3, 0.4) is 0 Å². The van der Waals surface area contributed by atoms with Crippen molar-refractivity contribution in [1.29, 1.82) is 0 Å². The van der Waals surface area contributed by atoms with E-state index in [1.807, 2.05) is 38.1 Å². The Morgan fingerprint density at radius 3 is 2.62 bits per heavy atom. The van der Waals surface area contributed by atoms with Gasteiger partial charge in [-0.05, 0) is 50.1 Å². The van der Waals surface area contributed by atoms with Crippen molar-refractivity contribution in [3.63, 3.8) is 0 Å². The number of nitrogens with one attached hydrogen (secondary N) is 2. The van der Waals surface area contributed by atoms with Gasteiger partial charge in [-0.3, -0.25) is 4.79 Å². The highest BCUT2D eigenvalue weighted by atomic mass is 19.1. The minimum absolute atomic E-state index is 0.0451. The number of carbonyl (C=O) groups excluding carboxylic acids is 2. The summed E-state index contributed by atoms with van der Waals surface area (Å²) in [4.78, 5) is 26.9. The summed E-state index contributed by atoms with van der Waals surface area (Å²) in [5, 5.41) is 5.76. The smallest absolute Gasteiger partial charge is 0.321 e. The molecule has 0 saturated carbocycles. The van der Waals surface area contributed by atoms with E-state index < -0.39 is 5.60 Å². The van der Waals surface area contributed by atoms with Crippen LogP contribution in [0.15, 0.2) is 48.5 Å². The number of amides is 3. The average molecular weight is 440 g/mol. The monoisotopic (exact) mass is 439 g/mol. The predicted molar refractivity (Wildman–Crippen MR) is 121 cm³/mol. The fourth-order valence-corrected chi connectivity index (χ4v) is 4.72. The molecule has 2 aliphatic heterocycles. The Morgan fingerprint density at radius 1 is 1.16 bits per heavy atom. The summed E-state index contributed by atoms with van der Waals surface area (Å²) < 4.78 is 19.9. The summed E-state index contributed by atoms with van der Waals surface area (Å²) >= 11 is 0. The van der Waals surface area contributed by atoms with E-state index in [1.165, 1.54) is 12.1 Å². The van der Waals surface area contributed by atoms with Gasteiger partial charge < -0.3 is 20.3 Å². The molecule has 2 heterocycles. The van der Waals surface area contributed by atoms with Crippen LogP contribution in [0, 0.1) is 5.82 Å². The van der Waals surface area contributed by atoms with Gasteiger partial charge in [0, 0.05) is 50.0 Å². The standard InChI is InChI=1S/C25H30FN3O3/c1-17(2)27-23(30)14-18-16-25(32-22-9-4-3-8-21(18)22)10-12-29(13-11-25)24(31)28-20-7-5-6-19(26)15-20/h3-9,15,17-18H,10-14,16H2,1-2H3,(H,27,30)(H,28,31)/t18-/m1/s1. The molecule has 32 heavy (non-hydrogen) atoms. The van der Waals surface area contributed by atoms with E-state index in [0.29, 0.717) is 38.0 Å². The van der Waals surface area contributed by atoms with Crippen molar-refractivity contribution in [2.45, 2.75) is 57.1 Å². The zero-order valence-corrected chi connectivity index (χ0v) is 18.6. The first kappa shape index (κ1) is 22.1. The third-order valence-corrected chi connectivity index (χ3v) is 6.22. The molecule has 2 N–H and O–H groups in total. The molecule has 1 saturated heterocycles. The Morgan fingerprint density at radius 2 is 1.91 bits per heavy atom. The highest BCUT2D eigenvalue weighted by Gasteiger charge is 2.44. The molecule has 7 heteroatoms. The van der Waals surface area contributed by atoms with Crippen LogP contribution in [-0.2, 0) is 4.79 Å². The van der Waals surface area contributed by atoms with E-state index in [9.17, 15) is 14.0 Å². The molecular formula is C25H30FN3O3. The first-order valence-electron chi connectivity index (χ1n) is 11.2. The topological polar surface area (TPSA) is 70.7 Å². The fraction of sp³-hybridized carbons (Fsp3) is 0.440. The van der Waals surface area contributed by atoms with Crippen molar-refractivity contribution in [2.75, 3.05) is 18.4 Å². The van der Waals surface area contributed by atoms with Crippen molar-refractivity contribution >= 4 is 17.6 Å². The zero-order chi connectivity index (χ0) is 22.7. The lowest BCUT2D eigenvalue weighted by Gasteiger charge is -2.46. The molecule has 0 bridgehead atoms. The van der Waals surface area contributed by atoms with Gasteiger partial charge in [-0.15, -0.1) is 0 Å².